The molecule has 2 N–H and O–H groups in total. The van der Waals surface area contributed by atoms with Crippen LogP contribution in [0.2, 0.25) is 0 Å². The van der Waals surface area contributed by atoms with Crippen molar-refractivity contribution in [2.24, 2.45) is 5.41 Å². The average Bonchev–Trinajstić information content (AvgIpc) is 2.74. The summed E-state index contributed by atoms with van der Waals surface area (Å²) in [6, 6.07) is 3.49. The maximum atomic E-state index is 12.0. The first-order chi connectivity index (χ1) is 8.43. The first-order valence-electron chi connectivity index (χ1n) is 5.72. The molecule has 0 unspecified atom stereocenters. The van der Waals surface area contributed by atoms with Crippen LogP contribution >= 0.6 is 11.8 Å². The first-order valence-corrected chi connectivity index (χ1v) is 6.77. The van der Waals surface area contributed by atoms with Crippen LogP contribution in [-0.2, 0) is 12.3 Å². The summed E-state index contributed by atoms with van der Waals surface area (Å²) in [5.74, 6) is -0.922. The van der Waals surface area contributed by atoms with Gasteiger partial charge in [-0.15, -0.1) is 0 Å². The zero-order valence-electron chi connectivity index (χ0n) is 10.6. The predicted molar refractivity (Wildman–Crippen MR) is 68.6 cm³/mol. The van der Waals surface area contributed by atoms with Gasteiger partial charge < -0.3 is 14.8 Å². The molecular weight excluding hydrogens is 260 g/mol. The topological polar surface area (TPSA) is 45.4 Å². The van der Waals surface area contributed by atoms with E-state index in [0.717, 1.165) is 0 Å². The number of thioether (sulfide) groups is 1. The van der Waals surface area contributed by atoms with Crippen molar-refractivity contribution in [3.63, 3.8) is 0 Å². The van der Waals surface area contributed by atoms with Crippen molar-refractivity contribution in [2.75, 3.05) is 13.2 Å². The van der Waals surface area contributed by atoms with Crippen LogP contribution in [0.3, 0.4) is 0 Å². The Kier molecular flexibility index (Phi) is 6.11. The van der Waals surface area contributed by atoms with E-state index < -0.39 is 5.76 Å². The molecule has 1 rings (SSSR count). The van der Waals surface area contributed by atoms with Gasteiger partial charge >= 0.3 is 0 Å². The fourth-order valence-corrected chi connectivity index (χ4v) is 1.77. The summed E-state index contributed by atoms with van der Waals surface area (Å²) in [5, 5.41) is 12.2. The van der Waals surface area contributed by atoms with E-state index in [1.54, 1.807) is 12.1 Å². The summed E-state index contributed by atoms with van der Waals surface area (Å²) in [7, 11) is 0. The maximum Gasteiger partial charge on any atom is 0.284 e. The number of halogens is 2. The maximum absolute atomic E-state index is 12.0. The zero-order chi connectivity index (χ0) is 13.6. The Morgan fingerprint density at radius 3 is 2.67 bits per heavy atom. The van der Waals surface area contributed by atoms with E-state index in [0.29, 0.717) is 36.4 Å². The van der Waals surface area contributed by atoms with Gasteiger partial charge in [0, 0.05) is 18.6 Å². The van der Waals surface area contributed by atoms with E-state index in [9.17, 15) is 8.78 Å². The highest BCUT2D eigenvalue weighted by Crippen LogP contribution is 2.21. The van der Waals surface area contributed by atoms with Crippen molar-refractivity contribution in [2.45, 2.75) is 31.9 Å². The monoisotopic (exact) mass is 279 g/mol. The number of alkyl halides is 2. The van der Waals surface area contributed by atoms with Crippen molar-refractivity contribution < 1.29 is 18.3 Å². The quantitative estimate of drug-likeness (QED) is 0.768. The third-order valence-corrected chi connectivity index (χ3v) is 3.10. The average molecular weight is 279 g/mol. The fraction of sp³-hybridized carbons (Fsp3) is 0.667. The van der Waals surface area contributed by atoms with Crippen LogP contribution in [-0.4, -0.2) is 24.0 Å². The first kappa shape index (κ1) is 15.5. The highest BCUT2D eigenvalue weighted by atomic mass is 32.2. The minimum Gasteiger partial charge on any atom is -0.464 e. The second-order valence-corrected chi connectivity index (χ2v) is 5.84. The molecular formula is C12H19F2NO2S. The molecule has 0 saturated carbocycles. The van der Waals surface area contributed by atoms with Gasteiger partial charge in [0.15, 0.2) is 0 Å². The fourth-order valence-electron chi connectivity index (χ4n) is 1.32. The second-order valence-electron chi connectivity index (χ2n) is 4.87. The van der Waals surface area contributed by atoms with Crippen LogP contribution in [0, 0.1) is 5.41 Å². The van der Waals surface area contributed by atoms with E-state index in [2.05, 4.69) is 5.32 Å². The predicted octanol–water partition coefficient (Wildman–Crippen LogP) is 2.84. The smallest absolute Gasteiger partial charge is 0.284 e. The van der Waals surface area contributed by atoms with Gasteiger partial charge in [0.1, 0.15) is 11.5 Å². The van der Waals surface area contributed by atoms with E-state index in [1.807, 2.05) is 13.8 Å². The minimum absolute atomic E-state index is 0.106. The largest absolute Gasteiger partial charge is 0.464 e. The lowest BCUT2D eigenvalue weighted by Crippen LogP contribution is -2.31. The second kappa shape index (κ2) is 7.11. The molecule has 6 heteroatoms. The molecule has 0 fully saturated rings. The molecule has 1 aromatic heterocycles. The minimum atomic E-state index is -2.37. The molecule has 0 bridgehead atoms. The summed E-state index contributed by atoms with van der Waals surface area (Å²) in [6.45, 7) is 5.20. The van der Waals surface area contributed by atoms with Crippen LogP contribution in [0.4, 0.5) is 8.78 Å². The van der Waals surface area contributed by atoms with Crippen LogP contribution in [0.1, 0.15) is 25.4 Å². The van der Waals surface area contributed by atoms with Crippen molar-refractivity contribution in [3.05, 3.63) is 23.7 Å². The Balaban J connectivity index is 2.31. The van der Waals surface area contributed by atoms with E-state index in [1.165, 1.54) is 0 Å². The summed E-state index contributed by atoms with van der Waals surface area (Å²) in [6.07, 6.45) is 0. The molecule has 0 atom stereocenters. The Hall–Kier alpha value is -0.590. The standard InChI is InChI=1S/C12H19F2NO2S/c1-12(2,8-16)7-15-5-9-3-4-10(17-9)6-18-11(13)14/h3-4,11,15-16H,5-8H2,1-2H3. The van der Waals surface area contributed by atoms with Gasteiger partial charge in [-0.1, -0.05) is 25.6 Å². The lowest BCUT2D eigenvalue weighted by atomic mass is 9.95. The SMILES string of the molecule is CC(C)(CO)CNCc1ccc(CSC(F)F)o1. The summed E-state index contributed by atoms with van der Waals surface area (Å²) >= 11 is 0.549. The molecule has 0 amide bonds. The lowest BCUT2D eigenvalue weighted by molar-refractivity contribution is 0.156. The van der Waals surface area contributed by atoms with Crippen molar-refractivity contribution >= 4 is 11.8 Å². The van der Waals surface area contributed by atoms with Gasteiger partial charge in [-0.25, -0.2) is 0 Å². The molecule has 0 radical (unpaired) electrons. The van der Waals surface area contributed by atoms with Gasteiger partial charge in [0.05, 0.1) is 12.3 Å². The summed E-state index contributed by atoms with van der Waals surface area (Å²) < 4.78 is 29.4. The summed E-state index contributed by atoms with van der Waals surface area (Å²) in [5.41, 5.74) is -0.180. The van der Waals surface area contributed by atoms with E-state index in [-0.39, 0.29) is 17.8 Å². The van der Waals surface area contributed by atoms with Gasteiger partial charge in [0.25, 0.3) is 5.76 Å². The summed E-state index contributed by atoms with van der Waals surface area (Å²) in [4.78, 5) is 0. The van der Waals surface area contributed by atoms with E-state index in [4.69, 9.17) is 9.52 Å². The Morgan fingerprint density at radius 1 is 1.39 bits per heavy atom. The number of aliphatic hydroxyl groups is 1. The molecule has 1 heterocycles. The highest BCUT2D eigenvalue weighted by Gasteiger charge is 2.15. The molecule has 1 aromatic rings. The van der Waals surface area contributed by atoms with Crippen LogP contribution in [0.15, 0.2) is 16.5 Å². The number of hydrogen-bond donors (Lipinski definition) is 2. The number of hydrogen-bond acceptors (Lipinski definition) is 4. The molecule has 0 aromatic carbocycles. The van der Waals surface area contributed by atoms with Gasteiger partial charge in [-0.2, -0.15) is 8.78 Å². The van der Waals surface area contributed by atoms with Crippen LogP contribution < -0.4 is 5.32 Å². The number of aliphatic hydroxyl groups excluding tert-OH is 1. The number of furan rings is 1. The normalized spacial score (nSPS) is 12.3. The van der Waals surface area contributed by atoms with Gasteiger partial charge in [-0.3, -0.25) is 0 Å². The van der Waals surface area contributed by atoms with Gasteiger partial charge in [-0.05, 0) is 12.1 Å². The molecule has 18 heavy (non-hydrogen) atoms. The lowest BCUT2D eigenvalue weighted by Gasteiger charge is -2.21. The molecule has 0 spiro atoms. The zero-order valence-corrected chi connectivity index (χ0v) is 11.4. The Morgan fingerprint density at radius 2 is 2.06 bits per heavy atom. The Bertz CT molecular complexity index is 356. The Labute approximate surface area is 110 Å². The number of rotatable bonds is 8. The molecule has 0 saturated heterocycles. The molecule has 0 aliphatic carbocycles. The molecule has 104 valence electrons. The van der Waals surface area contributed by atoms with Gasteiger partial charge in [0.2, 0.25) is 0 Å². The third kappa shape index (κ3) is 5.84. The third-order valence-electron chi connectivity index (χ3n) is 2.40. The highest BCUT2D eigenvalue weighted by molar-refractivity contribution is 7.98. The number of nitrogens with one attached hydrogen (secondary N) is 1. The molecule has 0 aliphatic rings. The molecule has 3 nitrogen and oxygen atoms in total. The van der Waals surface area contributed by atoms with Crippen LogP contribution in [0.5, 0.6) is 0 Å². The van der Waals surface area contributed by atoms with Crippen molar-refractivity contribution in [1.82, 2.24) is 5.32 Å². The van der Waals surface area contributed by atoms with E-state index >= 15 is 0 Å². The molecule has 0 aliphatic heterocycles. The van der Waals surface area contributed by atoms with Crippen LogP contribution in [0.25, 0.3) is 0 Å². The van der Waals surface area contributed by atoms with Crippen molar-refractivity contribution in [1.29, 1.82) is 0 Å². The van der Waals surface area contributed by atoms with Crippen molar-refractivity contribution in [3.8, 4) is 0 Å².